The average molecular weight is 455 g/mol. The van der Waals surface area contributed by atoms with E-state index in [4.69, 9.17) is 0 Å². The summed E-state index contributed by atoms with van der Waals surface area (Å²) in [5.41, 5.74) is 1.21. The fourth-order valence-corrected chi connectivity index (χ4v) is 5.17. The van der Waals surface area contributed by atoms with Gasteiger partial charge in [0.25, 0.3) is 11.2 Å². The monoisotopic (exact) mass is 454 g/mol. The van der Waals surface area contributed by atoms with Gasteiger partial charge in [0.05, 0.1) is 16.7 Å². The summed E-state index contributed by atoms with van der Waals surface area (Å²) in [6, 6.07) is 10.2. The number of carbonyl (C=O) groups is 1. The average Bonchev–Trinajstić information content (AvgIpc) is 3.34. The molecule has 0 aliphatic carbocycles. The lowest BCUT2D eigenvalue weighted by atomic mass is 10.2. The Hall–Kier alpha value is -3.37. The van der Waals surface area contributed by atoms with Crippen molar-refractivity contribution in [3.05, 3.63) is 78.5 Å². The van der Waals surface area contributed by atoms with E-state index in [1.54, 1.807) is 30.5 Å². The smallest absolute Gasteiger partial charge is 0.269 e. The molecule has 0 fully saturated rings. The maximum absolute atomic E-state index is 12.7. The normalized spacial score (nSPS) is 11.0. The van der Waals surface area contributed by atoms with Crippen molar-refractivity contribution >= 4 is 44.5 Å². The molecule has 0 saturated heterocycles. The maximum atomic E-state index is 12.7. The van der Waals surface area contributed by atoms with Crippen molar-refractivity contribution < 1.29 is 9.72 Å². The Bertz CT molecular complexity index is 1350. The largest absolute Gasteiger partial charge is 0.341 e. The van der Waals surface area contributed by atoms with Gasteiger partial charge in [-0.25, -0.2) is 4.98 Å². The Kier molecular flexibility index (Phi) is 5.66. The Morgan fingerprint density at radius 1 is 1.29 bits per heavy atom. The molecule has 0 radical (unpaired) electrons. The molecule has 0 bridgehead atoms. The lowest BCUT2D eigenvalue weighted by Gasteiger charge is -2.17. The first-order valence-corrected chi connectivity index (χ1v) is 11.1. The summed E-state index contributed by atoms with van der Waals surface area (Å²) in [7, 11) is 1.61. The van der Waals surface area contributed by atoms with Gasteiger partial charge >= 0.3 is 0 Å². The van der Waals surface area contributed by atoms with Crippen molar-refractivity contribution in [3.63, 3.8) is 0 Å². The number of aryl methyl sites for hydroxylation is 1. The summed E-state index contributed by atoms with van der Waals surface area (Å²) >= 11 is 2.99. The van der Waals surface area contributed by atoms with E-state index in [2.05, 4.69) is 9.97 Å². The molecule has 1 aromatic carbocycles. The highest BCUT2D eigenvalue weighted by Crippen LogP contribution is 2.35. The number of nitrogens with zero attached hydrogens (tertiary/aromatic N) is 3. The van der Waals surface area contributed by atoms with Crippen molar-refractivity contribution in [3.8, 4) is 10.4 Å². The van der Waals surface area contributed by atoms with Gasteiger partial charge in [-0.15, -0.1) is 22.7 Å². The van der Waals surface area contributed by atoms with E-state index in [1.165, 1.54) is 28.4 Å². The van der Waals surface area contributed by atoms with Crippen molar-refractivity contribution in [1.29, 1.82) is 0 Å². The number of nitro groups is 1. The van der Waals surface area contributed by atoms with Gasteiger partial charge in [-0.2, -0.15) is 0 Å². The van der Waals surface area contributed by atoms with Crippen LogP contribution in [0, 0.1) is 17.0 Å². The highest BCUT2D eigenvalue weighted by molar-refractivity contribution is 7.19. The number of aromatic nitrogens is 2. The van der Waals surface area contributed by atoms with Crippen LogP contribution in [-0.2, 0) is 17.8 Å². The van der Waals surface area contributed by atoms with E-state index in [-0.39, 0.29) is 30.1 Å². The van der Waals surface area contributed by atoms with Crippen LogP contribution in [0.1, 0.15) is 16.3 Å². The molecule has 1 N–H and O–H groups in total. The van der Waals surface area contributed by atoms with Crippen LogP contribution < -0.4 is 5.56 Å². The number of non-ortho nitro benzene ring substituents is 1. The first-order chi connectivity index (χ1) is 14.8. The number of fused-ring (bicyclic) bond motifs is 1. The third-order valence-electron chi connectivity index (χ3n) is 4.78. The van der Waals surface area contributed by atoms with Gasteiger partial charge in [0, 0.05) is 46.4 Å². The summed E-state index contributed by atoms with van der Waals surface area (Å²) in [6.45, 7) is 2.23. The number of rotatable bonds is 6. The molecule has 31 heavy (non-hydrogen) atoms. The molecule has 4 rings (SSSR count). The number of carbonyl (C=O) groups excluding carboxylic acids is 1. The van der Waals surface area contributed by atoms with Crippen LogP contribution in [0.25, 0.3) is 20.7 Å². The summed E-state index contributed by atoms with van der Waals surface area (Å²) in [6.07, 6.45) is -0.0675. The minimum Gasteiger partial charge on any atom is -0.341 e. The van der Waals surface area contributed by atoms with Crippen LogP contribution in [0.4, 0.5) is 5.69 Å². The number of thiophene rings is 2. The number of amides is 1. The van der Waals surface area contributed by atoms with Crippen LogP contribution in [0.3, 0.4) is 0 Å². The lowest BCUT2D eigenvalue weighted by molar-refractivity contribution is -0.384. The molecule has 0 spiro atoms. The molecule has 0 unspecified atom stereocenters. The minimum atomic E-state index is -0.470. The van der Waals surface area contributed by atoms with Gasteiger partial charge in [0.2, 0.25) is 5.91 Å². The van der Waals surface area contributed by atoms with Crippen molar-refractivity contribution in [2.24, 2.45) is 0 Å². The fraction of sp³-hybridized carbons (Fsp3) is 0.190. The van der Waals surface area contributed by atoms with Crippen LogP contribution in [0.15, 0.2) is 46.6 Å². The van der Waals surface area contributed by atoms with Gasteiger partial charge in [-0.05, 0) is 24.6 Å². The van der Waals surface area contributed by atoms with Gasteiger partial charge in [0.15, 0.2) is 0 Å². The number of aromatic amines is 1. The zero-order valence-corrected chi connectivity index (χ0v) is 18.4. The van der Waals surface area contributed by atoms with E-state index < -0.39 is 4.92 Å². The third kappa shape index (κ3) is 4.39. The second-order valence-electron chi connectivity index (χ2n) is 7.11. The van der Waals surface area contributed by atoms with Gasteiger partial charge < -0.3 is 9.88 Å². The first kappa shape index (κ1) is 20.9. The standard InChI is InChI=1S/C21H18N4O4S2/c1-12-6-7-16(31-12)15-11-30-21-19(15)20(27)22-17(23-21)9-18(26)24(2)10-13-4-3-5-14(8-13)25(28)29/h3-8,11H,9-10H2,1-2H3,(H,22,23,27). The number of hydrogen-bond donors (Lipinski definition) is 1. The molecule has 10 heteroatoms. The van der Waals surface area contributed by atoms with E-state index in [0.717, 1.165) is 15.3 Å². The lowest BCUT2D eigenvalue weighted by Crippen LogP contribution is -2.29. The van der Waals surface area contributed by atoms with Crippen molar-refractivity contribution in [2.45, 2.75) is 19.9 Å². The second-order valence-corrected chi connectivity index (χ2v) is 9.25. The van der Waals surface area contributed by atoms with Crippen LogP contribution in [-0.4, -0.2) is 32.7 Å². The molecule has 4 aromatic rings. The third-order valence-corrected chi connectivity index (χ3v) is 6.69. The molecule has 158 valence electrons. The zero-order valence-electron chi connectivity index (χ0n) is 16.7. The Labute approximate surface area is 185 Å². The highest BCUT2D eigenvalue weighted by atomic mass is 32.1. The predicted molar refractivity (Wildman–Crippen MR) is 122 cm³/mol. The van der Waals surface area contributed by atoms with Crippen LogP contribution in [0.5, 0.6) is 0 Å². The quantitative estimate of drug-likeness (QED) is 0.348. The van der Waals surface area contributed by atoms with Crippen LogP contribution >= 0.6 is 22.7 Å². The van der Waals surface area contributed by atoms with E-state index in [1.807, 2.05) is 24.4 Å². The number of hydrogen-bond acceptors (Lipinski definition) is 7. The Balaban J connectivity index is 1.53. The van der Waals surface area contributed by atoms with E-state index in [9.17, 15) is 19.7 Å². The highest BCUT2D eigenvalue weighted by Gasteiger charge is 2.17. The number of nitrogens with one attached hydrogen (secondary N) is 1. The minimum absolute atomic E-state index is 0.0239. The zero-order chi connectivity index (χ0) is 22.1. The van der Waals surface area contributed by atoms with Crippen molar-refractivity contribution in [1.82, 2.24) is 14.9 Å². The van der Waals surface area contributed by atoms with E-state index in [0.29, 0.717) is 21.6 Å². The number of nitro benzene ring substituents is 1. The number of likely N-dealkylation sites (N-methyl/N-ethyl adjacent to an activating group) is 1. The topological polar surface area (TPSA) is 109 Å². The fourth-order valence-electron chi connectivity index (χ4n) is 3.25. The summed E-state index contributed by atoms with van der Waals surface area (Å²) in [5.74, 6) is 0.0452. The maximum Gasteiger partial charge on any atom is 0.269 e. The molecular weight excluding hydrogens is 436 g/mol. The molecule has 3 aromatic heterocycles. The molecule has 0 atom stereocenters. The second kappa shape index (κ2) is 8.40. The molecule has 0 saturated carbocycles. The van der Waals surface area contributed by atoms with Gasteiger partial charge in [-0.3, -0.25) is 19.7 Å². The SMILES string of the molecule is Cc1ccc(-c2csc3nc(CC(=O)N(C)Cc4cccc([N+](=O)[O-])c4)[nH]c(=O)c23)s1. The molecule has 8 nitrogen and oxygen atoms in total. The number of benzene rings is 1. The van der Waals surface area contributed by atoms with Crippen LogP contribution in [0.2, 0.25) is 0 Å². The molecule has 3 heterocycles. The molecule has 0 aliphatic rings. The van der Waals surface area contributed by atoms with E-state index >= 15 is 0 Å². The summed E-state index contributed by atoms with van der Waals surface area (Å²) < 4.78 is 0. The Morgan fingerprint density at radius 2 is 2.10 bits per heavy atom. The van der Waals surface area contributed by atoms with Gasteiger partial charge in [0.1, 0.15) is 10.7 Å². The first-order valence-electron chi connectivity index (χ1n) is 9.36. The molecular formula is C21H18N4O4S2. The predicted octanol–water partition coefficient (Wildman–Crippen LogP) is 4.13. The van der Waals surface area contributed by atoms with Gasteiger partial charge in [-0.1, -0.05) is 12.1 Å². The summed E-state index contributed by atoms with van der Waals surface area (Å²) in [4.78, 5) is 47.3. The molecule has 0 aliphatic heterocycles. The van der Waals surface area contributed by atoms with Crippen molar-refractivity contribution in [2.75, 3.05) is 7.05 Å². The summed E-state index contributed by atoms with van der Waals surface area (Å²) in [5, 5.41) is 13.4. The molecule has 1 amide bonds. The number of H-pyrrole nitrogens is 1. The Morgan fingerprint density at radius 3 is 2.81 bits per heavy atom.